The lowest BCUT2D eigenvalue weighted by atomic mass is 10.0. The molecule has 4 N–H and O–H groups in total. The summed E-state index contributed by atoms with van der Waals surface area (Å²) < 4.78 is 5.11. The SMILES string of the molecule is COc1cc(C(=O)NC[C@@H]2CCCCN2)ccc1N. The first-order valence-electron chi connectivity index (χ1n) is 6.66. The molecule has 0 aromatic heterocycles. The van der Waals surface area contributed by atoms with Gasteiger partial charge in [0.1, 0.15) is 5.75 Å². The Morgan fingerprint density at radius 1 is 1.53 bits per heavy atom. The number of benzene rings is 1. The lowest BCUT2D eigenvalue weighted by Gasteiger charge is -2.23. The molecule has 0 saturated carbocycles. The maximum Gasteiger partial charge on any atom is 0.251 e. The van der Waals surface area contributed by atoms with Gasteiger partial charge >= 0.3 is 0 Å². The first-order valence-corrected chi connectivity index (χ1v) is 6.66. The molecule has 0 spiro atoms. The van der Waals surface area contributed by atoms with Crippen molar-refractivity contribution in [2.24, 2.45) is 0 Å². The van der Waals surface area contributed by atoms with Gasteiger partial charge in [0, 0.05) is 18.2 Å². The fourth-order valence-electron chi connectivity index (χ4n) is 2.27. The second kappa shape index (κ2) is 6.43. The molecule has 1 aliphatic heterocycles. The fraction of sp³-hybridized carbons (Fsp3) is 0.500. The summed E-state index contributed by atoms with van der Waals surface area (Å²) >= 11 is 0. The summed E-state index contributed by atoms with van der Waals surface area (Å²) in [5.74, 6) is 0.439. The average Bonchev–Trinajstić information content (AvgIpc) is 2.46. The lowest BCUT2D eigenvalue weighted by molar-refractivity contribution is 0.0947. The van der Waals surface area contributed by atoms with Crippen molar-refractivity contribution in [2.75, 3.05) is 25.9 Å². The topological polar surface area (TPSA) is 76.4 Å². The van der Waals surface area contributed by atoms with Crippen LogP contribution in [-0.2, 0) is 0 Å². The van der Waals surface area contributed by atoms with Crippen LogP contribution in [0.3, 0.4) is 0 Å². The number of hydrogen-bond donors (Lipinski definition) is 3. The number of nitrogen functional groups attached to an aromatic ring is 1. The van der Waals surface area contributed by atoms with Gasteiger partial charge in [0.15, 0.2) is 0 Å². The maximum atomic E-state index is 12.0. The van der Waals surface area contributed by atoms with Gasteiger partial charge in [-0.1, -0.05) is 6.42 Å². The van der Waals surface area contributed by atoms with Crippen LogP contribution >= 0.6 is 0 Å². The number of nitrogens with one attached hydrogen (secondary N) is 2. The number of hydrogen-bond acceptors (Lipinski definition) is 4. The number of nitrogens with two attached hydrogens (primary N) is 1. The van der Waals surface area contributed by atoms with E-state index in [2.05, 4.69) is 10.6 Å². The molecule has 1 fully saturated rings. The number of rotatable bonds is 4. The highest BCUT2D eigenvalue weighted by atomic mass is 16.5. The van der Waals surface area contributed by atoms with Crippen LogP contribution < -0.4 is 21.1 Å². The highest BCUT2D eigenvalue weighted by molar-refractivity contribution is 5.95. The van der Waals surface area contributed by atoms with Gasteiger partial charge in [0.05, 0.1) is 12.8 Å². The minimum Gasteiger partial charge on any atom is -0.495 e. The molecular formula is C14H21N3O2. The molecule has 0 bridgehead atoms. The minimum atomic E-state index is -0.0920. The molecule has 1 heterocycles. The third-order valence-electron chi connectivity index (χ3n) is 3.42. The molecule has 0 radical (unpaired) electrons. The zero-order valence-electron chi connectivity index (χ0n) is 11.2. The predicted octanol–water partition coefficient (Wildman–Crippen LogP) is 1.15. The summed E-state index contributed by atoms with van der Waals surface area (Å²) in [6.45, 7) is 1.70. The van der Waals surface area contributed by atoms with E-state index in [9.17, 15) is 4.79 Å². The van der Waals surface area contributed by atoms with Crippen LogP contribution in [0.1, 0.15) is 29.6 Å². The van der Waals surface area contributed by atoms with Gasteiger partial charge in [-0.05, 0) is 37.6 Å². The monoisotopic (exact) mass is 263 g/mol. The predicted molar refractivity (Wildman–Crippen MR) is 75.4 cm³/mol. The van der Waals surface area contributed by atoms with E-state index < -0.39 is 0 Å². The highest BCUT2D eigenvalue weighted by Gasteiger charge is 2.14. The highest BCUT2D eigenvalue weighted by Crippen LogP contribution is 2.22. The molecule has 1 saturated heterocycles. The average molecular weight is 263 g/mol. The van der Waals surface area contributed by atoms with E-state index in [-0.39, 0.29) is 5.91 Å². The molecule has 1 aliphatic rings. The molecular weight excluding hydrogens is 242 g/mol. The second-order valence-corrected chi connectivity index (χ2v) is 4.81. The van der Waals surface area contributed by atoms with E-state index in [4.69, 9.17) is 10.5 Å². The van der Waals surface area contributed by atoms with Gasteiger partial charge in [-0.3, -0.25) is 4.79 Å². The summed E-state index contributed by atoms with van der Waals surface area (Å²) in [5.41, 5.74) is 6.83. The van der Waals surface area contributed by atoms with Crippen LogP contribution in [0.2, 0.25) is 0 Å². The largest absolute Gasteiger partial charge is 0.495 e. The number of carbonyl (C=O) groups excluding carboxylic acids is 1. The molecule has 5 nitrogen and oxygen atoms in total. The van der Waals surface area contributed by atoms with Crippen LogP contribution in [0.4, 0.5) is 5.69 Å². The Morgan fingerprint density at radius 3 is 3.05 bits per heavy atom. The molecule has 1 aromatic carbocycles. The summed E-state index contributed by atoms with van der Waals surface area (Å²) in [4.78, 5) is 12.0. The third-order valence-corrected chi connectivity index (χ3v) is 3.42. The first kappa shape index (κ1) is 13.7. The molecule has 0 aliphatic carbocycles. The van der Waals surface area contributed by atoms with Crippen molar-refractivity contribution in [1.29, 1.82) is 0 Å². The summed E-state index contributed by atoms with van der Waals surface area (Å²) in [5, 5.41) is 6.34. The fourth-order valence-corrected chi connectivity index (χ4v) is 2.27. The van der Waals surface area contributed by atoms with Crippen molar-refractivity contribution in [3.05, 3.63) is 23.8 Å². The molecule has 2 rings (SSSR count). The minimum absolute atomic E-state index is 0.0920. The van der Waals surface area contributed by atoms with Gasteiger partial charge in [-0.25, -0.2) is 0 Å². The number of carbonyl (C=O) groups is 1. The molecule has 1 atom stereocenters. The van der Waals surface area contributed by atoms with Crippen LogP contribution in [0.5, 0.6) is 5.75 Å². The number of piperidine rings is 1. The van der Waals surface area contributed by atoms with Crippen LogP contribution in [0, 0.1) is 0 Å². The number of methoxy groups -OCH3 is 1. The number of ether oxygens (including phenoxy) is 1. The maximum absolute atomic E-state index is 12.0. The summed E-state index contributed by atoms with van der Waals surface area (Å²) in [6, 6.07) is 5.45. The Balaban J connectivity index is 1.92. The quantitative estimate of drug-likeness (QED) is 0.712. The van der Waals surface area contributed by atoms with Gasteiger partial charge < -0.3 is 21.1 Å². The van der Waals surface area contributed by atoms with Crippen molar-refractivity contribution in [3.8, 4) is 5.75 Å². The van der Waals surface area contributed by atoms with Gasteiger partial charge in [0.2, 0.25) is 0 Å². The molecule has 0 unspecified atom stereocenters. The van der Waals surface area contributed by atoms with Gasteiger partial charge in [-0.2, -0.15) is 0 Å². The van der Waals surface area contributed by atoms with Crippen molar-refractivity contribution in [3.63, 3.8) is 0 Å². The van der Waals surface area contributed by atoms with E-state index >= 15 is 0 Å². The molecule has 5 heteroatoms. The van der Waals surface area contributed by atoms with Crippen molar-refractivity contribution in [1.82, 2.24) is 10.6 Å². The smallest absolute Gasteiger partial charge is 0.251 e. The number of anilines is 1. The standard InChI is InChI=1S/C14H21N3O2/c1-19-13-8-10(5-6-12(13)15)14(18)17-9-11-4-2-3-7-16-11/h5-6,8,11,16H,2-4,7,9,15H2,1H3,(H,17,18)/t11-/m0/s1. The van der Waals surface area contributed by atoms with E-state index in [1.165, 1.54) is 12.8 Å². The van der Waals surface area contributed by atoms with E-state index in [1.54, 1.807) is 25.3 Å². The third kappa shape index (κ3) is 3.61. The van der Waals surface area contributed by atoms with Crippen LogP contribution in [0.15, 0.2) is 18.2 Å². The van der Waals surface area contributed by atoms with Crippen LogP contribution in [-0.4, -0.2) is 32.1 Å². The Hall–Kier alpha value is -1.75. The molecule has 104 valence electrons. The Bertz CT molecular complexity index is 442. The van der Waals surface area contributed by atoms with E-state index in [0.717, 1.165) is 13.0 Å². The Labute approximate surface area is 113 Å². The second-order valence-electron chi connectivity index (χ2n) is 4.81. The summed E-state index contributed by atoms with van der Waals surface area (Å²) in [7, 11) is 1.54. The normalized spacial score (nSPS) is 18.9. The zero-order chi connectivity index (χ0) is 13.7. The van der Waals surface area contributed by atoms with E-state index in [1.807, 2.05) is 0 Å². The molecule has 19 heavy (non-hydrogen) atoms. The molecule has 1 amide bonds. The van der Waals surface area contributed by atoms with Crippen molar-refractivity contribution < 1.29 is 9.53 Å². The molecule has 1 aromatic rings. The Kier molecular flexibility index (Phi) is 4.63. The summed E-state index contributed by atoms with van der Waals surface area (Å²) in [6.07, 6.45) is 3.56. The van der Waals surface area contributed by atoms with Crippen molar-refractivity contribution in [2.45, 2.75) is 25.3 Å². The van der Waals surface area contributed by atoms with Crippen LogP contribution in [0.25, 0.3) is 0 Å². The number of amides is 1. The zero-order valence-corrected chi connectivity index (χ0v) is 11.2. The van der Waals surface area contributed by atoms with Crippen molar-refractivity contribution >= 4 is 11.6 Å². The first-order chi connectivity index (χ1) is 9.20. The van der Waals surface area contributed by atoms with Gasteiger partial charge in [-0.15, -0.1) is 0 Å². The van der Waals surface area contributed by atoms with E-state index in [0.29, 0.717) is 29.6 Å². The lowest BCUT2D eigenvalue weighted by Crippen LogP contribution is -2.43. The van der Waals surface area contributed by atoms with Gasteiger partial charge in [0.25, 0.3) is 5.91 Å². The Morgan fingerprint density at radius 2 is 2.37 bits per heavy atom.